The Morgan fingerprint density at radius 2 is 2.33 bits per heavy atom. The molecule has 1 aliphatic heterocycles. The highest BCUT2D eigenvalue weighted by Crippen LogP contribution is 2.19. The first kappa shape index (κ1) is 9.33. The molecule has 0 bridgehead atoms. The Labute approximate surface area is 71.1 Å². The summed E-state index contributed by atoms with van der Waals surface area (Å²) >= 11 is 0. The highest BCUT2D eigenvalue weighted by atomic mass is 16.7. The largest absolute Gasteiger partial charge is 0.415 e. The predicted molar refractivity (Wildman–Crippen MR) is 40.9 cm³/mol. The van der Waals surface area contributed by atoms with E-state index in [2.05, 4.69) is 0 Å². The summed E-state index contributed by atoms with van der Waals surface area (Å²) in [5, 5.41) is 18.0. The van der Waals surface area contributed by atoms with E-state index in [1.54, 1.807) is 0 Å². The van der Waals surface area contributed by atoms with E-state index in [1.807, 2.05) is 6.11 Å². The van der Waals surface area contributed by atoms with Gasteiger partial charge in [0.25, 0.3) is 0 Å². The van der Waals surface area contributed by atoms with Crippen molar-refractivity contribution in [1.82, 2.24) is 0 Å². The summed E-state index contributed by atoms with van der Waals surface area (Å²) in [5.74, 6) is 0. The average Bonchev–Trinajstić information content (AvgIpc) is 2.04. The third kappa shape index (κ3) is 2.38. The molecule has 1 rings (SSSR count). The molecule has 1 heterocycles. The molecule has 0 aromatic heterocycles. The Balaban J connectivity index is 2.40. The van der Waals surface area contributed by atoms with Crippen LogP contribution in [0.15, 0.2) is 0 Å². The van der Waals surface area contributed by atoms with Crippen molar-refractivity contribution >= 4 is 0 Å². The Kier molecular flexibility index (Phi) is 3.35. The van der Waals surface area contributed by atoms with Crippen molar-refractivity contribution in [2.75, 3.05) is 6.61 Å². The summed E-state index contributed by atoms with van der Waals surface area (Å²) in [6.45, 7) is -0.124. The summed E-state index contributed by atoms with van der Waals surface area (Å²) in [5.41, 5.74) is 0. The van der Waals surface area contributed by atoms with E-state index < -0.39 is 12.4 Å². The maximum Gasteiger partial charge on any atom is 0.213 e. The molecule has 0 radical (unpaired) electrons. The van der Waals surface area contributed by atoms with Crippen molar-refractivity contribution in [2.24, 2.45) is 0 Å². The first-order chi connectivity index (χ1) is 5.76. The highest BCUT2D eigenvalue weighted by Gasteiger charge is 2.28. The Bertz CT molecular complexity index is 174. The van der Waals surface area contributed by atoms with Gasteiger partial charge in [0.1, 0.15) is 6.11 Å². The first-order valence-corrected chi connectivity index (χ1v) is 3.82. The summed E-state index contributed by atoms with van der Waals surface area (Å²) in [4.78, 5) is 0. The number of aliphatic hydroxyl groups excluding tert-OH is 2. The lowest BCUT2D eigenvalue weighted by Gasteiger charge is -2.30. The molecule has 0 spiro atoms. The predicted octanol–water partition coefficient (Wildman–Crippen LogP) is -0.548. The van der Waals surface area contributed by atoms with Crippen LogP contribution in [0.1, 0.15) is 12.8 Å². The van der Waals surface area contributed by atoms with E-state index in [0.29, 0.717) is 12.8 Å². The minimum absolute atomic E-state index is 0.124. The normalized spacial score (nSPS) is 35.6. The molecule has 3 atom stereocenters. The quantitative estimate of drug-likeness (QED) is 0.549. The fraction of sp³-hybridized carbons (Fsp3) is 0.750. The fourth-order valence-electron chi connectivity index (χ4n) is 1.22. The molecule has 0 saturated carbocycles. The van der Waals surface area contributed by atoms with E-state index in [0.717, 1.165) is 0 Å². The van der Waals surface area contributed by atoms with Crippen molar-refractivity contribution in [1.29, 1.82) is 0 Å². The van der Waals surface area contributed by atoms with Crippen LogP contribution in [0.5, 0.6) is 0 Å². The number of ether oxygens (including phenoxy) is 2. The van der Waals surface area contributed by atoms with Gasteiger partial charge >= 0.3 is 0 Å². The zero-order valence-corrected chi connectivity index (χ0v) is 6.64. The van der Waals surface area contributed by atoms with E-state index >= 15 is 0 Å². The van der Waals surface area contributed by atoms with E-state index in [4.69, 9.17) is 21.0 Å². The smallest absolute Gasteiger partial charge is 0.213 e. The summed E-state index contributed by atoms with van der Waals surface area (Å²) < 4.78 is 9.89. The number of hydrogen-bond donors (Lipinski definition) is 2. The SMILES string of the molecule is C#COC1CC(O)CC(CO)O1. The van der Waals surface area contributed by atoms with Crippen molar-refractivity contribution in [3.63, 3.8) is 0 Å². The topological polar surface area (TPSA) is 58.9 Å². The van der Waals surface area contributed by atoms with E-state index in [1.165, 1.54) is 0 Å². The van der Waals surface area contributed by atoms with Crippen LogP contribution in [-0.4, -0.2) is 35.3 Å². The molecule has 68 valence electrons. The maximum atomic E-state index is 9.27. The van der Waals surface area contributed by atoms with E-state index in [9.17, 15) is 5.11 Å². The standard InChI is InChI=1S/C8H12O4/c1-2-11-8-4-6(10)3-7(5-9)12-8/h1,6-10H,3-5H2. The van der Waals surface area contributed by atoms with Gasteiger partial charge in [0.15, 0.2) is 0 Å². The van der Waals surface area contributed by atoms with Gasteiger partial charge in [-0.05, 0) is 0 Å². The van der Waals surface area contributed by atoms with Crippen molar-refractivity contribution in [3.8, 4) is 12.5 Å². The number of hydrogen-bond acceptors (Lipinski definition) is 4. The van der Waals surface area contributed by atoms with Gasteiger partial charge in [0, 0.05) is 12.8 Å². The number of terminal acetylenes is 1. The van der Waals surface area contributed by atoms with Crippen LogP contribution in [0.25, 0.3) is 0 Å². The molecule has 1 aliphatic rings. The molecule has 0 amide bonds. The molecule has 12 heavy (non-hydrogen) atoms. The Hall–Kier alpha value is -0.760. The minimum atomic E-state index is -0.587. The summed E-state index contributed by atoms with van der Waals surface area (Å²) in [6.07, 6.45) is 6.21. The molecular weight excluding hydrogens is 160 g/mol. The van der Waals surface area contributed by atoms with E-state index in [-0.39, 0.29) is 12.7 Å². The van der Waals surface area contributed by atoms with Crippen LogP contribution >= 0.6 is 0 Å². The number of rotatable bonds is 2. The van der Waals surface area contributed by atoms with Crippen LogP contribution < -0.4 is 0 Å². The molecule has 1 fully saturated rings. The van der Waals surface area contributed by atoms with Gasteiger partial charge < -0.3 is 19.7 Å². The zero-order valence-electron chi connectivity index (χ0n) is 6.64. The lowest BCUT2D eigenvalue weighted by molar-refractivity contribution is -0.195. The molecule has 0 aromatic rings. The Morgan fingerprint density at radius 1 is 1.58 bits per heavy atom. The summed E-state index contributed by atoms with van der Waals surface area (Å²) in [6, 6.07) is 0. The van der Waals surface area contributed by atoms with Gasteiger partial charge in [-0.3, -0.25) is 0 Å². The van der Waals surface area contributed by atoms with Crippen LogP contribution in [0, 0.1) is 12.5 Å². The molecular formula is C8H12O4. The summed E-state index contributed by atoms with van der Waals surface area (Å²) in [7, 11) is 0. The van der Waals surface area contributed by atoms with Crippen molar-refractivity contribution < 1.29 is 19.7 Å². The second kappa shape index (κ2) is 4.31. The highest BCUT2D eigenvalue weighted by molar-refractivity contribution is 4.77. The second-order valence-electron chi connectivity index (χ2n) is 2.73. The average molecular weight is 172 g/mol. The monoisotopic (exact) mass is 172 g/mol. The number of aliphatic hydroxyl groups is 2. The molecule has 0 aliphatic carbocycles. The van der Waals surface area contributed by atoms with Crippen LogP contribution in [0.3, 0.4) is 0 Å². The lowest BCUT2D eigenvalue weighted by atomic mass is 10.1. The van der Waals surface area contributed by atoms with Gasteiger partial charge in [0.2, 0.25) is 6.29 Å². The van der Waals surface area contributed by atoms with Gasteiger partial charge in [-0.2, -0.15) is 0 Å². The van der Waals surface area contributed by atoms with Crippen LogP contribution in [-0.2, 0) is 9.47 Å². The van der Waals surface area contributed by atoms with Crippen LogP contribution in [0.2, 0.25) is 0 Å². The van der Waals surface area contributed by atoms with Crippen molar-refractivity contribution in [2.45, 2.75) is 31.3 Å². The van der Waals surface area contributed by atoms with Crippen molar-refractivity contribution in [3.05, 3.63) is 0 Å². The second-order valence-corrected chi connectivity index (χ2v) is 2.73. The van der Waals surface area contributed by atoms with Crippen LogP contribution in [0.4, 0.5) is 0 Å². The maximum absolute atomic E-state index is 9.27. The zero-order chi connectivity index (χ0) is 8.97. The molecule has 2 N–H and O–H groups in total. The van der Waals surface area contributed by atoms with Gasteiger partial charge in [-0.1, -0.05) is 6.42 Å². The third-order valence-corrected chi connectivity index (χ3v) is 1.75. The van der Waals surface area contributed by atoms with Gasteiger partial charge in [0.05, 0.1) is 18.8 Å². The van der Waals surface area contributed by atoms with Gasteiger partial charge in [-0.25, -0.2) is 0 Å². The fourth-order valence-corrected chi connectivity index (χ4v) is 1.22. The lowest BCUT2D eigenvalue weighted by Crippen LogP contribution is -2.38. The molecule has 4 nitrogen and oxygen atoms in total. The van der Waals surface area contributed by atoms with Gasteiger partial charge in [-0.15, -0.1) is 0 Å². The third-order valence-electron chi connectivity index (χ3n) is 1.75. The Morgan fingerprint density at radius 3 is 2.92 bits per heavy atom. The minimum Gasteiger partial charge on any atom is -0.415 e. The molecule has 4 heteroatoms. The first-order valence-electron chi connectivity index (χ1n) is 3.82. The molecule has 1 saturated heterocycles. The molecule has 0 aromatic carbocycles. The molecule has 3 unspecified atom stereocenters.